The van der Waals surface area contributed by atoms with Gasteiger partial charge in [-0.05, 0) is 47.5 Å². The molecule has 0 fully saturated rings. The van der Waals surface area contributed by atoms with Gasteiger partial charge in [0.05, 0.1) is 7.11 Å². The second-order valence-electron chi connectivity index (χ2n) is 7.05. The molecule has 0 bridgehead atoms. The number of halogens is 3. The fraction of sp³-hybridized carbons (Fsp3) is 0.217. The van der Waals surface area contributed by atoms with E-state index in [9.17, 15) is 23.1 Å². The largest absolute Gasteiger partial charge is 0.573 e. The van der Waals surface area contributed by atoms with Crippen LogP contribution in [0.25, 0.3) is 11.1 Å². The van der Waals surface area contributed by atoms with E-state index in [0.29, 0.717) is 22.6 Å². The van der Waals surface area contributed by atoms with Crippen molar-refractivity contribution in [3.63, 3.8) is 0 Å². The van der Waals surface area contributed by atoms with Gasteiger partial charge in [0.25, 0.3) is 0 Å². The van der Waals surface area contributed by atoms with Gasteiger partial charge in [0.15, 0.2) is 11.5 Å². The van der Waals surface area contributed by atoms with E-state index in [0.717, 1.165) is 16.7 Å². The lowest BCUT2D eigenvalue weighted by molar-refractivity contribution is -0.274. The molecule has 8 nitrogen and oxygen atoms in total. The van der Waals surface area contributed by atoms with Crippen molar-refractivity contribution < 1.29 is 37.3 Å². The Kier molecular flexibility index (Phi) is 7.79. The van der Waals surface area contributed by atoms with Crippen LogP contribution >= 0.6 is 0 Å². The van der Waals surface area contributed by atoms with Crippen LogP contribution in [0.1, 0.15) is 0 Å². The molecule has 0 saturated carbocycles. The van der Waals surface area contributed by atoms with Gasteiger partial charge in [-0.2, -0.15) is 0 Å². The van der Waals surface area contributed by atoms with Crippen molar-refractivity contribution in [3.05, 3.63) is 72.3 Å². The highest BCUT2D eigenvalue weighted by molar-refractivity contribution is 5.78. The van der Waals surface area contributed by atoms with Gasteiger partial charge in [-0.15, -0.1) is 13.2 Å². The minimum atomic E-state index is -4.79. The second kappa shape index (κ2) is 10.8. The number of methoxy groups -OCH3 is 1. The normalized spacial score (nSPS) is 12.0. The number of carbonyl (C=O) groups excluding carboxylic acids is 1. The van der Waals surface area contributed by atoms with E-state index in [2.05, 4.69) is 10.1 Å². The van der Waals surface area contributed by atoms with E-state index in [1.165, 1.54) is 31.5 Å². The Morgan fingerprint density at radius 2 is 1.71 bits per heavy atom. The molecule has 0 aliphatic heterocycles. The highest BCUT2D eigenvalue weighted by atomic mass is 19.4. The number of rotatable bonds is 8. The van der Waals surface area contributed by atoms with Crippen LogP contribution in [0.3, 0.4) is 0 Å². The van der Waals surface area contributed by atoms with Crippen LogP contribution in [-0.4, -0.2) is 48.4 Å². The molecule has 11 heteroatoms. The third-order valence-electron chi connectivity index (χ3n) is 4.58. The van der Waals surface area contributed by atoms with Crippen LogP contribution < -0.4 is 25.0 Å². The number of carbonyl (C=O) groups is 1. The quantitative estimate of drug-likeness (QED) is 0.460. The molecule has 1 heterocycles. The molecular weight excluding hydrogens is 455 g/mol. The molecule has 0 aliphatic rings. The second-order valence-corrected chi connectivity index (χ2v) is 7.05. The lowest BCUT2D eigenvalue weighted by atomic mass is 10.1. The summed E-state index contributed by atoms with van der Waals surface area (Å²) in [5.74, 6) is 0.573. The number of aliphatic hydroxyl groups is 1. The van der Waals surface area contributed by atoms with Crippen LogP contribution in [0.5, 0.6) is 17.2 Å². The van der Waals surface area contributed by atoms with Crippen LogP contribution in [0.4, 0.5) is 18.0 Å². The predicted molar refractivity (Wildman–Crippen MR) is 116 cm³/mol. The number of aromatic nitrogens is 1. The molecule has 1 aromatic heterocycles. The van der Waals surface area contributed by atoms with Gasteiger partial charge in [0.1, 0.15) is 23.9 Å². The summed E-state index contributed by atoms with van der Waals surface area (Å²) in [7, 11) is 1.49. The molecule has 1 unspecified atom stereocenters. The first kappa shape index (κ1) is 24.6. The van der Waals surface area contributed by atoms with Crippen molar-refractivity contribution in [2.75, 3.05) is 20.3 Å². The zero-order chi connectivity index (χ0) is 24.7. The van der Waals surface area contributed by atoms with E-state index in [1.54, 1.807) is 30.3 Å². The zero-order valence-corrected chi connectivity index (χ0v) is 18.0. The number of alkyl halides is 3. The van der Waals surface area contributed by atoms with Gasteiger partial charge >= 0.3 is 12.4 Å². The minimum Gasteiger partial charge on any atom is -0.493 e. The third-order valence-corrected chi connectivity index (χ3v) is 4.58. The Morgan fingerprint density at radius 1 is 1.06 bits per heavy atom. The Labute approximate surface area is 192 Å². The summed E-state index contributed by atoms with van der Waals surface area (Å²) < 4.78 is 52.5. The smallest absolute Gasteiger partial charge is 0.493 e. The number of hydrogen-bond donors (Lipinski definition) is 3. The number of benzene rings is 2. The Hall–Kier alpha value is -3.99. The predicted octanol–water partition coefficient (Wildman–Crippen LogP) is 3.54. The number of aliphatic hydroxyl groups excluding tert-OH is 1. The molecule has 0 aliphatic carbocycles. The molecule has 180 valence electrons. The topological polar surface area (TPSA) is 106 Å². The summed E-state index contributed by atoms with van der Waals surface area (Å²) in [6, 6.07) is 14.3. The zero-order valence-electron chi connectivity index (χ0n) is 18.0. The molecule has 0 saturated heterocycles. The van der Waals surface area contributed by atoms with E-state index in [4.69, 9.17) is 14.9 Å². The maximum Gasteiger partial charge on any atom is 0.573 e. The van der Waals surface area contributed by atoms with E-state index >= 15 is 0 Å². The molecule has 0 spiro atoms. The maximum atomic E-state index is 12.6. The van der Waals surface area contributed by atoms with Crippen molar-refractivity contribution >= 4 is 6.03 Å². The molecule has 2 aromatic carbocycles. The van der Waals surface area contributed by atoms with E-state index in [-0.39, 0.29) is 24.4 Å². The molecule has 0 radical (unpaired) electrons. The lowest BCUT2D eigenvalue weighted by Gasteiger charge is -2.16. The van der Waals surface area contributed by atoms with Crippen LogP contribution in [0, 0.1) is 5.41 Å². The van der Waals surface area contributed by atoms with Gasteiger partial charge in [-0.25, -0.2) is 4.79 Å². The first-order valence-corrected chi connectivity index (χ1v) is 10.0. The van der Waals surface area contributed by atoms with Crippen molar-refractivity contribution in [1.82, 2.24) is 9.88 Å². The Balaban J connectivity index is 1.61. The van der Waals surface area contributed by atoms with Gasteiger partial charge < -0.3 is 24.6 Å². The highest BCUT2D eigenvalue weighted by Crippen LogP contribution is 2.27. The number of ether oxygens (including phenoxy) is 3. The molecular formula is C23H22F3N3O5. The lowest BCUT2D eigenvalue weighted by Crippen LogP contribution is -2.41. The minimum absolute atomic E-state index is 0.106. The number of nitrogens with zero attached hydrogens (tertiary/aromatic N) is 1. The fourth-order valence-electron chi connectivity index (χ4n) is 2.96. The van der Waals surface area contributed by atoms with Gasteiger partial charge in [-0.1, -0.05) is 24.3 Å². The molecule has 34 heavy (non-hydrogen) atoms. The highest BCUT2D eigenvalue weighted by Gasteiger charge is 2.31. The molecule has 1 amide bonds. The molecule has 3 rings (SSSR count). The number of pyridine rings is 1. The number of hydrogen-bond acceptors (Lipinski definition) is 6. The van der Waals surface area contributed by atoms with Crippen LogP contribution in [0.2, 0.25) is 0 Å². The number of nitrogens with one attached hydrogen (secondary N) is 2. The van der Waals surface area contributed by atoms with Crippen molar-refractivity contribution in [1.29, 1.82) is 5.41 Å². The van der Waals surface area contributed by atoms with Crippen LogP contribution in [-0.2, 0) is 0 Å². The van der Waals surface area contributed by atoms with E-state index in [1.807, 2.05) is 0 Å². The third kappa shape index (κ3) is 6.75. The summed E-state index contributed by atoms with van der Waals surface area (Å²) >= 11 is 0. The average molecular weight is 477 g/mol. The Morgan fingerprint density at radius 3 is 2.35 bits per heavy atom. The Bertz CT molecular complexity index is 1180. The first-order valence-electron chi connectivity index (χ1n) is 10.0. The maximum absolute atomic E-state index is 12.6. The van der Waals surface area contributed by atoms with Crippen molar-refractivity contribution in [2.24, 2.45) is 0 Å². The van der Waals surface area contributed by atoms with Crippen LogP contribution in [0.15, 0.2) is 66.9 Å². The summed E-state index contributed by atoms with van der Waals surface area (Å²) in [6.07, 6.45) is -4.46. The molecule has 1 atom stereocenters. The number of amides is 1. The number of para-hydroxylation sites is 2. The van der Waals surface area contributed by atoms with Gasteiger partial charge in [0, 0.05) is 12.7 Å². The van der Waals surface area contributed by atoms with Crippen molar-refractivity contribution in [3.8, 4) is 28.4 Å². The molecule has 3 aromatic rings. The van der Waals surface area contributed by atoms with E-state index < -0.39 is 18.5 Å². The monoisotopic (exact) mass is 477 g/mol. The average Bonchev–Trinajstić information content (AvgIpc) is 2.81. The molecule has 3 N–H and O–H groups in total. The standard InChI is InChI=1S/C23H22F3N3O5/c1-32-19-4-2-3-5-20(19)33-14-17(30)12-28-22(31)29-13-16(8-11-21(29)27)15-6-9-18(10-7-15)34-23(24,25)26/h2-11,13,17,27,30H,12,14H2,1H3,(H,28,31). The first-order chi connectivity index (χ1) is 16.2. The summed E-state index contributed by atoms with van der Waals surface area (Å²) in [6.45, 7) is -0.250. The van der Waals surface area contributed by atoms with Gasteiger partial charge in [0.2, 0.25) is 0 Å². The summed E-state index contributed by atoms with van der Waals surface area (Å²) in [4.78, 5) is 12.6. The van der Waals surface area contributed by atoms with Crippen molar-refractivity contribution in [2.45, 2.75) is 12.5 Å². The summed E-state index contributed by atoms with van der Waals surface area (Å²) in [5.41, 5.74) is 0.879. The fourth-order valence-corrected chi connectivity index (χ4v) is 2.96. The summed E-state index contributed by atoms with van der Waals surface area (Å²) in [5, 5.41) is 20.6. The SMILES string of the molecule is COc1ccccc1OCC(O)CNC(=O)n1cc(-c2ccc(OC(F)(F)F)cc2)ccc1=N. The van der Waals surface area contributed by atoms with Gasteiger partial charge in [-0.3, -0.25) is 9.98 Å².